The van der Waals surface area contributed by atoms with Crippen LogP contribution in [0.3, 0.4) is 0 Å². The van der Waals surface area contributed by atoms with E-state index in [4.69, 9.17) is 5.26 Å². The lowest BCUT2D eigenvalue weighted by molar-refractivity contribution is 0.502. The second-order valence-electron chi connectivity index (χ2n) is 4.77. The Morgan fingerprint density at radius 3 is 2.61 bits per heavy atom. The molecule has 0 radical (unpaired) electrons. The van der Waals surface area contributed by atoms with Gasteiger partial charge in [-0.15, -0.1) is 0 Å². The Bertz CT molecular complexity index is 460. The fraction of sp³-hybridized carbons (Fsp3) is 0.500. The summed E-state index contributed by atoms with van der Waals surface area (Å²) in [5, 5.41) is 11.5. The first-order chi connectivity index (χ1) is 8.72. The van der Waals surface area contributed by atoms with Crippen molar-refractivity contribution in [2.24, 2.45) is 5.92 Å². The van der Waals surface area contributed by atoms with Crippen LogP contribution >= 0.6 is 0 Å². The minimum atomic E-state index is -1.07. The first-order valence-electron chi connectivity index (χ1n) is 6.34. The molecule has 1 N–H and O–H groups in total. The van der Waals surface area contributed by atoms with Gasteiger partial charge in [0.1, 0.15) is 6.07 Å². The number of nitriles is 1. The van der Waals surface area contributed by atoms with E-state index in [-0.39, 0.29) is 11.3 Å². The van der Waals surface area contributed by atoms with E-state index in [1.165, 1.54) is 37.8 Å². The van der Waals surface area contributed by atoms with Crippen LogP contribution in [0.5, 0.6) is 0 Å². The zero-order valence-corrected chi connectivity index (χ0v) is 10.2. The van der Waals surface area contributed by atoms with Gasteiger partial charge in [0, 0.05) is 6.54 Å². The molecule has 0 amide bonds. The first-order valence-corrected chi connectivity index (χ1v) is 6.34. The lowest BCUT2D eigenvalue weighted by Gasteiger charge is -2.11. The molecule has 18 heavy (non-hydrogen) atoms. The molecular weight excluding hydrogens is 234 g/mol. The van der Waals surface area contributed by atoms with Crippen molar-refractivity contribution in [1.82, 2.24) is 0 Å². The van der Waals surface area contributed by atoms with Crippen molar-refractivity contribution in [2.45, 2.75) is 32.1 Å². The van der Waals surface area contributed by atoms with Gasteiger partial charge >= 0.3 is 0 Å². The van der Waals surface area contributed by atoms with Gasteiger partial charge in [0.15, 0.2) is 11.6 Å². The van der Waals surface area contributed by atoms with Crippen molar-refractivity contribution < 1.29 is 8.78 Å². The zero-order chi connectivity index (χ0) is 13.0. The summed E-state index contributed by atoms with van der Waals surface area (Å²) in [6.07, 6.45) is 6.04. The highest BCUT2D eigenvalue weighted by Gasteiger charge is 2.16. The van der Waals surface area contributed by atoms with Crippen LogP contribution in [-0.2, 0) is 0 Å². The third-order valence-electron chi connectivity index (χ3n) is 3.55. The zero-order valence-electron chi connectivity index (χ0n) is 10.2. The lowest BCUT2D eigenvalue weighted by Crippen LogP contribution is -2.09. The first kappa shape index (κ1) is 12.8. The second kappa shape index (κ2) is 5.81. The predicted octanol–water partition coefficient (Wildman–Crippen LogP) is 3.83. The van der Waals surface area contributed by atoms with E-state index in [1.807, 2.05) is 0 Å². The number of hydrogen-bond acceptors (Lipinski definition) is 2. The van der Waals surface area contributed by atoms with Crippen molar-refractivity contribution in [3.63, 3.8) is 0 Å². The van der Waals surface area contributed by atoms with E-state index < -0.39 is 11.6 Å². The number of halogens is 2. The van der Waals surface area contributed by atoms with Gasteiger partial charge in [-0.2, -0.15) is 5.26 Å². The Balaban J connectivity index is 1.93. The smallest absolute Gasteiger partial charge is 0.183 e. The van der Waals surface area contributed by atoms with Crippen molar-refractivity contribution in [1.29, 1.82) is 5.26 Å². The van der Waals surface area contributed by atoms with Crippen LogP contribution in [0.4, 0.5) is 14.5 Å². The fourth-order valence-electron chi connectivity index (χ4n) is 2.48. The summed E-state index contributed by atoms with van der Waals surface area (Å²) in [6.45, 7) is 0.646. The molecule has 0 aromatic heterocycles. The van der Waals surface area contributed by atoms with E-state index in [0.717, 1.165) is 6.42 Å². The van der Waals surface area contributed by atoms with Gasteiger partial charge in [-0.3, -0.25) is 0 Å². The van der Waals surface area contributed by atoms with Crippen LogP contribution < -0.4 is 5.32 Å². The summed E-state index contributed by atoms with van der Waals surface area (Å²) in [6, 6.07) is 4.35. The van der Waals surface area contributed by atoms with Crippen LogP contribution in [0.15, 0.2) is 12.1 Å². The molecule has 1 aromatic rings. The molecule has 0 spiro atoms. The largest absolute Gasteiger partial charge is 0.383 e. The number of rotatable bonds is 4. The second-order valence-corrected chi connectivity index (χ2v) is 4.77. The number of nitrogens with one attached hydrogen (secondary N) is 1. The molecule has 1 aromatic carbocycles. The molecule has 0 unspecified atom stereocenters. The van der Waals surface area contributed by atoms with Crippen molar-refractivity contribution in [3.8, 4) is 6.07 Å². The molecular formula is C14H16F2N2. The molecule has 0 aliphatic heterocycles. The summed E-state index contributed by atoms with van der Waals surface area (Å²) in [7, 11) is 0. The molecule has 0 atom stereocenters. The Hall–Kier alpha value is -1.63. The Labute approximate surface area is 106 Å². The molecule has 96 valence electrons. The predicted molar refractivity (Wildman–Crippen MR) is 66.1 cm³/mol. The lowest BCUT2D eigenvalue weighted by atomic mass is 10.0. The number of anilines is 1. The molecule has 0 bridgehead atoms. The minimum Gasteiger partial charge on any atom is -0.383 e. The SMILES string of the molecule is N#Cc1ccc(NCCC2CCCC2)c(F)c1F. The summed E-state index contributed by atoms with van der Waals surface area (Å²) >= 11 is 0. The van der Waals surface area contributed by atoms with Gasteiger partial charge in [-0.25, -0.2) is 8.78 Å². The molecule has 1 saturated carbocycles. The van der Waals surface area contributed by atoms with Crippen LogP contribution in [-0.4, -0.2) is 6.54 Å². The van der Waals surface area contributed by atoms with Gasteiger partial charge in [0.25, 0.3) is 0 Å². The Morgan fingerprint density at radius 1 is 1.22 bits per heavy atom. The van der Waals surface area contributed by atoms with E-state index in [9.17, 15) is 8.78 Å². The molecule has 0 saturated heterocycles. The van der Waals surface area contributed by atoms with Crippen LogP contribution in [0, 0.1) is 28.9 Å². The van der Waals surface area contributed by atoms with E-state index >= 15 is 0 Å². The molecule has 4 heteroatoms. The molecule has 2 rings (SSSR count). The standard InChI is InChI=1S/C14H16F2N2/c15-13-11(9-17)5-6-12(14(13)16)18-8-7-10-3-1-2-4-10/h5-6,10,18H,1-4,7-8H2. The fourth-order valence-corrected chi connectivity index (χ4v) is 2.48. The average Bonchev–Trinajstić information content (AvgIpc) is 2.88. The highest BCUT2D eigenvalue weighted by Crippen LogP contribution is 2.27. The monoisotopic (exact) mass is 250 g/mol. The van der Waals surface area contributed by atoms with Crippen molar-refractivity contribution >= 4 is 5.69 Å². The highest BCUT2D eigenvalue weighted by atomic mass is 19.2. The number of hydrogen-bond donors (Lipinski definition) is 1. The topological polar surface area (TPSA) is 35.8 Å². The Kier molecular flexibility index (Phi) is 4.14. The third-order valence-corrected chi connectivity index (χ3v) is 3.55. The van der Waals surface area contributed by atoms with E-state index in [1.54, 1.807) is 6.07 Å². The molecule has 1 aliphatic rings. The number of benzene rings is 1. The molecule has 1 fully saturated rings. The van der Waals surface area contributed by atoms with Crippen LogP contribution in [0.2, 0.25) is 0 Å². The van der Waals surface area contributed by atoms with Gasteiger partial charge < -0.3 is 5.32 Å². The molecule has 2 nitrogen and oxygen atoms in total. The van der Waals surface area contributed by atoms with E-state index in [2.05, 4.69) is 5.32 Å². The maximum absolute atomic E-state index is 13.6. The third kappa shape index (κ3) is 2.79. The van der Waals surface area contributed by atoms with Gasteiger partial charge in [-0.05, 0) is 24.5 Å². The summed E-state index contributed by atoms with van der Waals surface area (Å²) in [4.78, 5) is 0. The van der Waals surface area contributed by atoms with Crippen LogP contribution in [0.25, 0.3) is 0 Å². The molecule has 0 heterocycles. The Morgan fingerprint density at radius 2 is 1.94 bits per heavy atom. The maximum atomic E-state index is 13.6. The van der Waals surface area contributed by atoms with Crippen molar-refractivity contribution in [3.05, 3.63) is 29.3 Å². The summed E-state index contributed by atoms with van der Waals surface area (Å²) in [5.74, 6) is -1.31. The summed E-state index contributed by atoms with van der Waals surface area (Å²) < 4.78 is 26.9. The average molecular weight is 250 g/mol. The highest BCUT2D eigenvalue weighted by molar-refractivity contribution is 5.49. The summed E-state index contributed by atoms with van der Waals surface area (Å²) in [5.41, 5.74) is -0.113. The van der Waals surface area contributed by atoms with E-state index in [0.29, 0.717) is 12.5 Å². The van der Waals surface area contributed by atoms with Gasteiger partial charge in [0.05, 0.1) is 11.3 Å². The minimum absolute atomic E-state index is 0.143. The molecule has 1 aliphatic carbocycles. The van der Waals surface area contributed by atoms with Gasteiger partial charge in [-0.1, -0.05) is 25.7 Å². The normalized spacial score (nSPS) is 15.6. The van der Waals surface area contributed by atoms with Crippen LogP contribution in [0.1, 0.15) is 37.7 Å². The van der Waals surface area contributed by atoms with Gasteiger partial charge in [0.2, 0.25) is 0 Å². The maximum Gasteiger partial charge on any atom is 0.183 e. The quantitative estimate of drug-likeness (QED) is 0.881. The van der Waals surface area contributed by atoms with Crippen molar-refractivity contribution in [2.75, 3.05) is 11.9 Å². The number of nitrogens with zero attached hydrogens (tertiary/aromatic N) is 1.